The summed E-state index contributed by atoms with van der Waals surface area (Å²) in [6.07, 6.45) is 17.0. The summed E-state index contributed by atoms with van der Waals surface area (Å²) in [5, 5.41) is 18.5. The SMILES string of the molecule is CCCCC[C@H](O)/C=C/[C@H]1C=CC(=O)C1C/C=C\CCCC(=O)O. The molecule has 3 atom stereocenters. The number of hydrogen-bond donors (Lipinski definition) is 2. The predicted octanol–water partition coefficient (Wildman–Crippen LogP) is 4.06. The summed E-state index contributed by atoms with van der Waals surface area (Å²) in [6.45, 7) is 2.14. The molecule has 4 heteroatoms. The zero-order valence-corrected chi connectivity index (χ0v) is 14.6. The molecule has 0 amide bonds. The van der Waals surface area contributed by atoms with E-state index in [4.69, 9.17) is 5.11 Å². The summed E-state index contributed by atoms with van der Waals surface area (Å²) in [6, 6.07) is 0. The molecule has 0 fully saturated rings. The van der Waals surface area contributed by atoms with Gasteiger partial charge in [-0.1, -0.05) is 56.6 Å². The van der Waals surface area contributed by atoms with Gasteiger partial charge < -0.3 is 10.2 Å². The van der Waals surface area contributed by atoms with E-state index < -0.39 is 12.1 Å². The Kier molecular flexibility index (Phi) is 10.0. The van der Waals surface area contributed by atoms with Gasteiger partial charge in [0.1, 0.15) is 0 Å². The summed E-state index contributed by atoms with van der Waals surface area (Å²) >= 11 is 0. The number of carboxylic acid groups (broad SMARTS) is 1. The van der Waals surface area contributed by atoms with Crippen LogP contribution in [0.4, 0.5) is 0 Å². The molecular weight excluding hydrogens is 304 g/mol. The molecule has 0 heterocycles. The van der Waals surface area contributed by atoms with Crippen LogP contribution in [0.3, 0.4) is 0 Å². The van der Waals surface area contributed by atoms with E-state index in [1.807, 2.05) is 30.4 Å². The van der Waals surface area contributed by atoms with Crippen molar-refractivity contribution < 1.29 is 19.8 Å². The molecule has 4 nitrogen and oxygen atoms in total. The van der Waals surface area contributed by atoms with E-state index in [1.54, 1.807) is 6.08 Å². The number of aliphatic hydroxyl groups excluding tert-OH is 1. The number of aliphatic carboxylic acids is 1. The molecule has 134 valence electrons. The van der Waals surface area contributed by atoms with Gasteiger partial charge in [-0.3, -0.25) is 9.59 Å². The van der Waals surface area contributed by atoms with Crippen molar-refractivity contribution in [1.82, 2.24) is 0 Å². The van der Waals surface area contributed by atoms with Gasteiger partial charge in [0.25, 0.3) is 0 Å². The third-order valence-electron chi connectivity index (χ3n) is 4.29. The molecule has 0 saturated carbocycles. The maximum Gasteiger partial charge on any atom is 0.303 e. The number of ketones is 1. The Hall–Kier alpha value is -1.68. The maximum atomic E-state index is 12.0. The number of carbonyl (C=O) groups excluding carboxylic acids is 1. The van der Waals surface area contributed by atoms with E-state index in [1.165, 1.54) is 0 Å². The van der Waals surface area contributed by atoms with Gasteiger partial charge in [0.15, 0.2) is 5.78 Å². The monoisotopic (exact) mass is 334 g/mol. The number of unbranched alkanes of at least 4 members (excludes halogenated alkanes) is 3. The second-order valence-electron chi connectivity index (χ2n) is 6.39. The van der Waals surface area contributed by atoms with Gasteiger partial charge >= 0.3 is 5.97 Å². The van der Waals surface area contributed by atoms with Crippen LogP contribution >= 0.6 is 0 Å². The van der Waals surface area contributed by atoms with Gasteiger partial charge in [-0.05, 0) is 31.8 Å². The Labute approximate surface area is 145 Å². The second kappa shape index (κ2) is 11.8. The average molecular weight is 334 g/mol. The molecule has 0 aliphatic heterocycles. The van der Waals surface area contributed by atoms with Crippen molar-refractivity contribution in [3.63, 3.8) is 0 Å². The highest BCUT2D eigenvalue weighted by atomic mass is 16.4. The third kappa shape index (κ3) is 8.25. The first-order valence-corrected chi connectivity index (χ1v) is 8.99. The summed E-state index contributed by atoms with van der Waals surface area (Å²) < 4.78 is 0. The van der Waals surface area contributed by atoms with E-state index in [-0.39, 0.29) is 24.0 Å². The maximum absolute atomic E-state index is 12.0. The predicted molar refractivity (Wildman–Crippen MR) is 95.7 cm³/mol. The first kappa shape index (κ1) is 20.4. The molecule has 0 aromatic carbocycles. The molecule has 2 N–H and O–H groups in total. The Morgan fingerprint density at radius 3 is 2.79 bits per heavy atom. The van der Waals surface area contributed by atoms with Gasteiger partial charge in [-0.25, -0.2) is 0 Å². The quantitative estimate of drug-likeness (QED) is 0.417. The first-order valence-electron chi connectivity index (χ1n) is 8.99. The number of aliphatic hydroxyl groups is 1. The fourth-order valence-corrected chi connectivity index (χ4v) is 2.81. The minimum atomic E-state index is -0.777. The minimum Gasteiger partial charge on any atom is -0.481 e. The van der Waals surface area contributed by atoms with Crippen LogP contribution in [-0.4, -0.2) is 28.1 Å². The van der Waals surface area contributed by atoms with E-state index in [0.717, 1.165) is 32.1 Å². The van der Waals surface area contributed by atoms with Crippen LogP contribution < -0.4 is 0 Å². The standard InChI is InChI=1S/C20H30O4/c1-2-3-6-9-17(21)14-12-16-13-15-19(22)18(16)10-7-4-5-8-11-20(23)24/h4,7,12-18,21H,2-3,5-6,8-11H2,1H3,(H,23,24)/b7-4-,14-12+/t16-,17-,18?/m0/s1. The zero-order valence-electron chi connectivity index (χ0n) is 14.6. The zero-order chi connectivity index (χ0) is 17.8. The van der Waals surface area contributed by atoms with Crippen molar-refractivity contribution in [2.24, 2.45) is 11.8 Å². The Balaban J connectivity index is 2.38. The van der Waals surface area contributed by atoms with Gasteiger partial charge in [0.2, 0.25) is 0 Å². The summed E-state index contributed by atoms with van der Waals surface area (Å²) in [5.74, 6) is -0.705. The molecule has 0 radical (unpaired) electrons. The number of allylic oxidation sites excluding steroid dienone is 5. The van der Waals surface area contributed by atoms with Gasteiger partial charge in [0.05, 0.1) is 6.10 Å². The van der Waals surface area contributed by atoms with Crippen molar-refractivity contribution in [3.05, 3.63) is 36.5 Å². The molecule has 1 unspecified atom stereocenters. The van der Waals surface area contributed by atoms with Gasteiger partial charge in [-0.15, -0.1) is 0 Å². The highest BCUT2D eigenvalue weighted by molar-refractivity contribution is 5.95. The van der Waals surface area contributed by atoms with Gasteiger partial charge in [0, 0.05) is 18.3 Å². The van der Waals surface area contributed by atoms with E-state index >= 15 is 0 Å². The lowest BCUT2D eigenvalue weighted by molar-refractivity contribution is -0.137. The largest absolute Gasteiger partial charge is 0.481 e. The van der Waals surface area contributed by atoms with Gasteiger partial charge in [-0.2, -0.15) is 0 Å². The summed E-state index contributed by atoms with van der Waals surface area (Å²) in [5.41, 5.74) is 0. The topological polar surface area (TPSA) is 74.6 Å². The first-order chi connectivity index (χ1) is 11.5. The van der Waals surface area contributed by atoms with Crippen LogP contribution in [0.1, 0.15) is 58.3 Å². The normalized spacial score (nSPS) is 22.0. The summed E-state index contributed by atoms with van der Waals surface area (Å²) in [4.78, 5) is 22.4. The number of rotatable bonds is 12. The van der Waals surface area contributed by atoms with Crippen LogP contribution in [0.2, 0.25) is 0 Å². The molecule has 0 aromatic heterocycles. The molecule has 1 aliphatic carbocycles. The molecule has 24 heavy (non-hydrogen) atoms. The molecule has 1 aliphatic rings. The smallest absolute Gasteiger partial charge is 0.303 e. The fourth-order valence-electron chi connectivity index (χ4n) is 2.81. The third-order valence-corrected chi connectivity index (χ3v) is 4.29. The van der Waals surface area contributed by atoms with Crippen LogP contribution in [0, 0.1) is 11.8 Å². The lowest BCUT2D eigenvalue weighted by atomic mass is 9.90. The van der Waals surface area contributed by atoms with E-state index in [2.05, 4.69) is 6.92 Å². The van der Waals surface area contributed by atoms with Crippen LogP contribution in [0.25, 0.3) is 0 Å². The fraction of sp³-hybridized carbons (Fsp3) is 0.600. The Morgan fingerprint density at radius 1 is 1.29 bits per heavy atom. The Morgan fingerprint density at radius 2 is 2.08 bits per heavy atom. The highest BCUT2D eigenvalue weighted by Gasteiger charge is 2.27. The van der Waals surface area contributed by atoms with Crippen molar-refractivity contribution in [2.75, 3.05) is 0 Å². The van der Waals surface area contributed by atoms with Crippen molar-refractivity contribution in [3.8, 4) is 0 Å². The number of hydrogen-bond acceptors (Lipinski definition) is 3. The molecular formula is C20H30O4. The molecule has 0 spiro atoms. The number of carbonyl (C=O) groups is 2. The Bertz CT molecular complexity index is 476. The lowest BCUT2D eigenvalue weighted by Gasteiger charge is -2.13. The van der Waals surface area contributed by atoms with E-state index in [9.17, 15) is 14.7 Å². The molecule has 0 saturated heterocycles. The lowest BCUT2D eigenvalue weighted by Crippen LogP contribution is -2.14. The van der Waals surface area contributed by atoms with Crippen molar-refractivity contribution in [2.45, 2.75) is 64.4 Å². The minimum absolute atomic E-state index is 0.0435. The van der Waals surface area contributed by atoms with Crippen LogP contribution in [0.15, 0.2) is 36.5 Å². The van der Waals surface area contributed by atoms with Crippen LogP contribution in [0.5, 0.6) is 0 Å². The van der Waals surface area contributed by atoms with E-state index in [0.29, 0.717) is 12.8 Å². The van der Waals surface area contributed by atoms with Crippen molar-refractivity contribution in [1.29, 1.82) is 0 Å². The van der Waals surface area contributed by atoms with Crippen LogP contribution in [-0.2, 0) is 9.59 Å². The molecule has 0 aromatic rings. The summed E-state index contributed by atoms with van der Waals surface area (Å²) in [7, 11) is 0. The molecule has 0 bridgehead atoms. The second-order valence-corrected chi connectivity index (χ2v) is 6.39. The van der Waals surface area contributed by atoms with Crippen molar-refractivity contribution >= 4 is 11.8 Å². The number of carboxylic acids is 1. The average Bonchev–Trinajstić information content (AvgIpc) is 2.89. The molecule has 1 rings (SSSR count). The highest BCUT2D eigenvalue weighted by Crippen LogP contribution is 2.27.